The zero-order chi connectivity index (χ0) is 14.7. The van der Waals surface area contributed by atoms with Gasteiger partial charge in [-0.05, 0) is 36.9 Å². The molecular formula is C17H24FNO2. The predicted octanol–water partition coefficient (Wildman–Crippen LogP) is 2.89. The van der Waals surface area contributed by atoms with Gasteiger partial charge in [-0.1, -0.05) is 25.1 Å². The Labute approximate surface area is 125 Å². The molecule has 1 saturated carbocycles. The van der Waals surface area contributed by atoms with Gasteiger partial charge in [-0.3, -0.25) is 0 Å². The Kier molecular flexibility index (Phi) is 4.57. The molecule has 3 rings (SSSR count). The second-order valence-electron chi connectivity index (χ2n) is 6.23. The third-order valence-electron chi connectivity index (χ3n) is 4.73. The molecule has 0 bridgehead atoms. The van der Waals surface area contributed by atoms with Crippen LogP contribution in [0.2, 0.25) is 0 Å². The molecule has 21 heavy (non-hydrogen) atoms. The molecule has 1 saturated heterocycles. The normalized spacial score (nSPS) is 28.1. The molecule has 2 fully saturated rings. The maximum atomic E-state index is 13.6. The van der Waals surface area contributed by atoms with Crippen LogP contribution in [0.3, 0.4) is 0 Å². The number of hydrogen-bond donors (Lipinski definition) is 1. The summed E-state index contributed by atoms with van der Waals surface area (Å²) in [6.07, 6.45) is 3.69. The molecule has 2 unspecified atom stereocenters. The van der Waals surface area contributed by atoms with Crippen molar-refractivity contribution in [3.8, 4) is 0 Å². The Morgan fingerprint density at radius 3 is 2.76 bits per heavy atom. The van der Waals surface area contributed by atoms with E-state index < -0.39 is 0 Å². The van der Waals surface area contributed by atoms with Crippen molar-refractivity contribution < 1.29 is 13.9 Å². The van der Waals surface area contributed by atoms with E-state index in [1.807, 2.05) is 12.1 Å². The van der Waals surface area contributed by atoms with Crippen molar-refractivity contribution in [3.63, 3.8) is 0 Å². The second-order valence-corrected chi connectivity index (χ2v) is 6.23. The van der Waals surface area contributed by atoms with Crippen molar-refractivity contribution in [2.24, 2.45) is 5.92 Å². The molecule has 1 heterocycles. The standard InChI is InChI=1S/C17H24FNO2/c1-13-12-17(20-10-11-21-17)8-6-16(13)19-9-7-14-4-2-3-5-15(14)18/h2-5,13,16,19H,6-12H2,1H3. The third-order valence-corrected chi connectivity index (χ3v) is 4.73. The topological polar surface area (TPSA) is 30.5 Å². The van der Waals surface area contributed by atoms with Crippen molar-refractivity contribution in [2.45, 2.75) is 44.4 Å². The monoisotopic (exact) mass is 293 g/mol. The molecule has 1 aliphatic heterocycles. The van der Waals surface area contributed by atoms with Crippen molar-refractivity contribution in [3.05, 3.63) is 35.6 Å². The first-order valence-corrected chi connectivity index (χ1v) is 7.93. The minimum absolute atomic E-state index is 0.109. The van der Waals surface area contributed by atoms with Crippen LogP contribution < -0.4 is 5.32 Å². The molecule has 1 aliphatic carbocycles. The van der Waals surface area contributed by atoms with Gasteiger partial charge in [-0.2, -0.15) is 0 Å². The van der Waals surface area contributed by atoms with E-state index in [-0.39, 0.29) is 11.6 Å². The van der Waals surface area contributed by atoms with Crippen LogP contribution >= 0.6 is 0 Å². The van der Waals surface area contributed by atoms with Crippen molar-refractivity contribution >= 4 is 0 Å². The Morgan fingerprint density at radius 1 is 1.29 bits per heavy atom. The summed E-state index contributed by atoms with van der Waals surface area (Å²) in [5, 5.41) is 3.58. The average molecular weight is 293 g/mol. The van der Waals surface area contributed by atoms with Gasteiger partial charge in [-0.25, -0.2) is 4.39 Å². The van der Waals surface area contributed by atoms with Gasteiger partial charge in [-0.15, -0.1) is 0 Å². The highest BCUT2D eigenvalue weighted by Crippen LogP contribution is 2.38. The van der Waals surface area contributed by atoms with E-state index in [1.165, 1.54) is 6.07 Å². The smallest absolute Gasteiger partial charge is 0.168 e. The fraction of sp³-hybridized carbons (Fsp3) is 0.647. The fourth-order valence-corrected chi connectivity index (χ4v) is 3.55. The molecule has 1 spiro atoms. The lowest BCUT2D eigenvalue weighted by Gasteiger charge is -2.40. The average Bonchev–Trinajstić information content (AvgIpc) is 2.91. The van der Waals surface area contributed by atoms with E-state index in [4.69, 9.17) is 9.47 Å². The van der Waals surface area contributed by atoms with E-state index in [0.29, 0.717) is 12.0 Å². The van der Waals surface area contributed by atoms with Crippen molar-refractivity contribution in [1.29, 1.82) is 0 Å². The summed E-state index contributed by atoms with van der Waals surface area (Å²) in [6.45, 7) is 4.49. The van der Waals surface area contributed by atoms with Crippen molar-refractivity contribution in [1.82, 2.24) is 5.32 Å². The van der Waals surface area contributed by atoms with Gasteiger partial charge in [0.1, 0.15) is 5.82 Å². The highest BCUT2D eigenvalue weighted by Gasteiger charge is 2.43. The Balaban J connectivity index is 1.47. The molecule has 2 atom stereocenters. The van der Waals surface area contributed by atoms with Crippen LogP contribution in [-0.2, 0) is 15.9 Å². The minimum atomic E-state index is -0.316. The summed E-state index contributed by atoms with van der Waals surface area (Å²) < 4.78 is 25.2. The molecule has 1 aromatic rings. The van der Waals surface area contributed by atoms with E-state index in [2.05, 4.69) is 12.2 Å². The largest absolute Gasteiger partial charge is 0.348 e. The maximum Gasteiger partial charge on any atom is 0.168 e. The number of hydrogen-bond acceptors (Lipinski definition) is 3. The first-order chi connectivity index (χ1) is 10.2. The van der Waals surface area contributed by atoms with E-state index in [9.17, 15) is 4.39 Å². The minimum Gasteiger partial charge on any atom is -0.348 e. The molecule has 1 N–H and O–H groups in total. The van der Waals surface area contributed by atoms with Gasteiger partial charge >= 0.3 is 0 Å². The highest BCUT2D eigenvalue weighted by atomic mass is 19.1. The summed E-state index contributed by atoms with van der Waals surface area (Å²) in [5.41, 5.74) is 0.785. The predicted molar refractivity (Wildman–Crippen MR) is 79.5 cm³/mol. The summed E-state index contributed by atoms with van der Waals surface area (Å²) in [6, 6.07) is 7.47. The molecule has 1 aromatic carbocycles. The van der Waals surface area contributed by atoms with Crippen LogP contribution in [-0.4, -0.2) is 31.6 Å². The first kappa shape index (κ1) is 14.9. The zero-order valence-electron chi connectivity index (χ0n) is 12.6. The molecular weight excluding hydrogens is 269 g/mol. The Hall–Kier alpha value is -0.970. The van der Waals surface area contributed by atoms with Gasteiger partial charge in [0, 0.05) is 18.9 Å². The number of ether oxygens (including phenoxy) is 2. The van der Waals surface area contributed by atoms with Gasteiger partial charge in [0.25, 0.3) is 0 Å². The van der Waals surface area contributed by atoms with Crippen LogP contribution in [0.25, 0.3) is 0 Å². The van der Waals surface area contributed by atoms with Gasteiger partial charge in [0.05, 0.1) is 13.2 Å². The van der Waals surface area contributed by atoms with Crippen molar-refractivity contribution in [2.75, 3.05) is 19.8 Å². The van der Waals surface area contributed by atoms with Gasteiger partial charge in [0.15, 0.2) is 5.79 Å². The summed E-state index contributed by atoms with van der Waals surface area (Å²) in [4.78, 5) is 0. The molecule has 0 amide bonds. The lowest BCUT2D eigenvalue weighted by molar-refractivity contribution is -0.189. The zero-order valence-corrected chi connectivity index (χ0v) is 12.6. The number of benzene rings is 1. The van der Waals surface area contributed by atoms with E-state index in [0.717, 1.165) is 51.0 Å². The SMILES string of the molecule is CC1CC2(CCC1NCCc1ccccc1F)OCCO2. The lowest BCUT2D eigenvalue weighted by atomic mass is 9.81. The fourth-order valence-electron chi connectivity index (χ4n) is 3.55. The number of rotatable bonds is 4. The number of halogens is 1. The summed E-state index contributed by atoms with van der Waals surface area (Å²) >= 11 is 0. The highest BCUT2D eigenvalue weighted by molar-refractivity contribution is 5.17. The Morgan fingerprint density at radius 2 is 2.05 bits per heavy atom. The second kappa shape index (κ2) is 6.42. The van der Waals surface area contributed by atoms with Crippen LogP contribution in [0.5, 0.6) is 0 Å². The Bertz CT molecular complexity index is 474. The lowest BCUT2D eigenvalue weighted by Crippen LogP contribution is -2.47. The summed E-state index contributed by atoms with van der Waals surface area (Å²) in [5.74, 6) is 0.0866. The van der Waals surface area contributed by atoms with E-state index in [1.54, 1.807) is 6.07 Å². The van der Waals surface area contributed by atoms with Gasteiger partial charge in [0.2, 0.25) is 0 Å². The third kappa shape index (κ3) is 3.44. The molecule has 0 aromatic heterocycles. The first-order valence-electron chi connectivity index (χ1n) is 7.93. The van der Waals surface area contributed by atoms with E-state index >= 15 is 0 Å². The molecule has 2 aliphatic rings. The van der Waals surface area contributed by atoms with Crippen LogP contribution in [0, 0.1) is 11.7 Å². The van der Waals surface area contributed by atoms with Crippen LogP contribution in [0.15, 0.2) is 24.3 Å². The van der Waals surface area contributed by atoms with Gasteiger partial charge < -0.3 is 14.8 Å². The molecule has 3 nitrogen and oxygen atoms in total. The molecule has 116 valence electrons. The quantitative estimate of drug-likeness (QED) is 0.926. The maximum absolute atomic E-state index is 13.6. The van der Waals surface area contributed by atoms with Crippen LogP contribution in [0.1, 0.15) is 31.7 Å². The molecule has 0 radical (unpaired) electrons. The summed E-state index contributed by atoms with van der Waals surface area (Å²) in [7, 11) is 0. The van der Waals surface area contributed by atoms with Crippen LogP contribution in [0.4, 0.5) is 4.39 Å². The number of nitrogens with one attached hydrogen (secondary N) is 1. The molecule has 4 heteroatoms.